The van der Waals surface area contributed by atoms with E-state index in [1.807, 2.05) is 25.1 Å². The van der Waals surface area contributed by atoms with Crippen LogP contribution < -0.4 is 0 Å². The summed E-state index contributed by atoms with van der Waals surface area (Å²) in [5.74, 6) is 0.621. The minimum atomic E-state index is -0.275. The van der Waals surface area contributed by atoms with E-state index in [0.717, 1.165) is 36.4 Å². The van der Waals surface area contributed by atoms with Gasteiger partial charge in [0.15, 0.2) is 0 Å². The SMILES string of the molecule is CCOC1CC(CC(O)Cc2nc3ccccc3s2)C1. The Morgan fingerprint density at radius 1 is 1.40 bits per heavy atom. The first kappa shape index (κ1) is 14.0. The van der Waals surface area contributed by atoms with Crippen molar-refractivity contribution in [3.8, 4) is 0 Å². The van der Waals surface area contributed by atoms with Gasteiger partial charge in [-0.25, -0.2) is 4.98 Å². The minimum absolute atomic E-state index is 0.275. The molecule has 0 radical (unpaired) electrons. The van der Waals surface area contributed by atoms with E-state index in [4.69, 9.17) is 4.74 Å². The van der Waals surface area contributed by atoms with Crippen molar-refractivity contribution in [2.75, 3.05) is 6.61 Å². The summed E-state index contributed by atoms with van der Waals surface area (Å²) in [6, 6.07) is 8.15. The molecule has 108 valence electrons. The van der Waals surface area contributed by atoms with Gasteiger partial charge in [-0.3, -0.25) is 0 Å². The fraction of sp³-hybridized carbons (Fsp3) is 0.562. The highest BCUT2D eigenvalue weighted by Crippen LogP contribution is 2.34. The fourth-order valence-corrected chi connectivity index (χ4v) is 3.95. The van der Waals surface area contributed by atoms with Gasteiger partial charge in [-0.15, -0.1) is 11.3 Å². The maximum atomic E-state index is 10.2. The number of aromatic nitrogens is 1. The first-order valence-electron chi connectivity index (χ1n) is 7.38. The molecular weight excluding hydrogens is 270 g/mol. The van der Waals surface area contributed by atoms with Crippen LogP contribution in [-0.2, 0) is 11.2 Å². The molecule has 1 heterocycles. The van der Waals surface area contributed by atoms with Crippen molar-refractivity contribution < 1.29 is 9.84 Å². The average molecular weight is 291 g/mol. The standard InChI is InChI=1S/C16H21NO2S/c1-2-19-13-8-11(9-13)7-12(18)10-16-17-14-5-3-4-6-15(14)20-16/h3-6,11-13,18H,2,7-10H2,1H3. The van der Waals surface area contributed by atoms with Crippen molar-refractivity contribution in [1.82, 2.24) is 4.98 Å². The molecule has 0 saturated heterocycles. The van der Waals surface area contributed by atoms with Crippen molar-refractivity contribution in [2.24, 2.45) is 5.92 Å². The molecule has 2 aromatic rings. The summed E-state index contributed by atoms with van der Waals surface area (Å²) in [6.07, 6.45) is 3.91. The quantitative estimate of drug-likeness (QED) is 0.887. The van der Waals surface area contributed by atoms with Crippen LogP contribution in [0.1, 0.15) is 31.2 Å². The Balaban J connectivity index is 1.50. The number of aliphatic hydroxyl groups is 1. The number of para-hydroxylation sites is 1. The van der Waals surface area contributed by atoms with Gasteiger partial charge in [-0.05, 0) is 44.2 Å². The Morgan fingerprint density at radius 3 is 2.95 bits per heavy atom. The fourth-order valence-electron chi connectivity index (χ4n) is 2.92. The van der Waals surface area contributed by atoms with Gasteiger partial charge in [-0.2, -0.15) is 0 Å². The maximum absolute atomic E-state index is 10.2. The number of ether oxygens (including phenoxy) is 1. The molecule has 0 bridgehead atoms. The summed E-state index contributed by atoms with van der Waals surface area (Å²) in [5, 5.41) is 11.2. The summed E-state index contributed by atoms with van der Waals surface area (Å²) in [5.41, 5.74) is 1.04. The number of aliphatic hydroxyl groups excluding tert-OH is 1. The van der Waals surface area contributed by atoms with E-state index in [-0.39, 0.29) is 6.10 Å². The number of hydrogen-bond acceptors (Lipinski definition) is 4. The third-order valence-corrected chi connectivity index (χ3v) is 5.01. The van der Waals surface area contributed by atoms with E-state index in [1.165, 1.54) is 4.70 Å². The zero-order chi connectivity index (χ0) is 13.9. The summed E-state index contributed by atoms with van der Waals surface area (Å²) in [6.45, 7) is 2.83. The summed E-state index contributed by atoms with van der Waals surface area (Å²) in [7, 11) is 0. The molecule has 3 rings (SSSR count). The second kappa shape index (κ2) is 6.20. The van der Waals surface area contributed by atoms with E-state index < -0.39 is 0 Å². The van der Waals surface area contributed by atoms with Crippen molar-refractivity contribution in [2.45, 2.75) is 44.8 Å². The average Bonchev–Trinajstić information content (AvgIpc) is 2.78. The van der Waals surface area contributed by atoms with Crippen LogP contribution in [0.3, 0.4) is 0 Å². The second-order valence-electron chi connectivity index (χ2n) is 5.58. The summed E-state index contributed by atoms with van der Waals surface area (Å²) in [4.78, 5) is 4.58. The topological polar surface area (TPSA) is 42.4 Å². The molecule has 20 heavy (non-hydrogen) atoms. The largest absolute Gasteiger partial charge is 0.393 e. The van der Waals surface area contributed by atoms with Crippen LogP contribution in [0, 0.1) is 5.92 Å². The molecule has 1 unspecified atom stereocenters. The van der Waals surface area contributed by atoms with E-state index in [1.54, 1.807) is 11.3 Å². The lowest BCUT2D eigenvalue weighted by atomic mass is 9.78. The molecule has 0 amide bonds. The molecule has 0 spiro atoms. The smallest absolute Gasteiger partial charge is 0.0964 e. The first-order valence-corrected chi connectivity index (χ1v) is 8.20. The van der Waals surface area contributed by atoms with Gasteiger partial charge in [0.1, 0.15) is 0 Å². The third kappa shape index (κ3) is 3.19. The highest BCUT2D eigenvalue weighted by atomic mass is 32.1. The van der Waals surface area contributed by atoms with Crippen molar-refractivity contribution >= 4 is 21.6 Å². The van der Waals surface area contributed by atoms with Crippen molar-refractivity contribution in [1.29, 1.82) is 0 Å². The molecule has 1 aliphatic carbocycles. The van der Waals surface area contributed by atoms with Crippen LogP contribution in [0.5, 0.6) is 0 Å². The molecule has 1 N–H and O–H groups in total. The van der Waals surface area contributed by atoms with E-state index in [0.29, 0.717) is 18.4 Å². The van der Waals surface area contributed by atoms with E-state index in [2.05, 4.69) is 11.1 Å². The highest BCUT2D eigenvalue weighted by molar-refractivity contribution is 7.18. The molecule has 4 heteroatoms. The van der Waals surface area contributed by atoms with Crippen LogP contribution >= 0.6 is 11.3 Å². The van der Waals surface area contributed by atoms with Crippen LogP contribution in [0.25, 0.3) is 10.2 Å². The Morgan fingerprint density at radius 2 is 2.20 bits per heavy atom. The monoisotopic (exact) mass is 291 g/mol. The van der Waals surface area contributed by atoms with Crippen LogP contribution in [-0.4, -0.2) is 28.9 Å². The predicted octanol–water partition coefficient (Wildman–Crippen LogP) is 3.40. The summed E-state index contributed by atoms with van der Waals surface area (Å²) < 4.78 is 6.76. The normalized spacial score (nSPS) is 23.7. The van der Waals surface area contributed by atoms with Gasteiger partial charge < -0.3 is 9.84 Å². The molecule has 1 saturated carbocycles. The zero-order valence-electron chi connectivity index (χ0n) is 11.8. The van der Waals surface area contributed by atoms with Gasteiger partial charge in [0, 0.05) is 13.0 Å². The first-order chi connectivity index (χ1) is 9.74. The van der Waals surface area contributed by atoms with E-state index in [9.17, 15) is 5.11 Å². The van der Waals surface area contributed by atoms with Gasteiger partial charge in [0.05, 0.1) is 27.4 Å². The number of nitrogens with zero attached hydrogens (tertiary/aromatic N) is 1. The van der Waals surface area contributed by atoms with Crippen molar-refractivity contribution in [3.63, 3.8) is 0 Å². The zero-order valence-corrected chi connectivity index (χ0v) is 12.6. The van der Waals surface area contributed by atoms with Crippen LogP contribution in [0.4, 0.5) is 0 Å². The number of hydrogen-bond donors (Lipinski definition) is 1. The van der Waals surface area contributed by atoms with Crippen molar-refractivity contribution in [3.05, 3.63) is 29.3 Å². The highest BCUT2D eigenvalue weighted by Gasteiger charge is 2.31. The van der Waals surface area contributed by atoms with E-state index >= 15 is 0 Å². The van der Waals surface area contributed by atoms with Gasteiger partial charge in [-0.1, -0.05) is 12.1 Å². The molecule has 1 atom stereocenters. The maximum Gasteiger partial charge on any atom is 0.0964 e. The molecular formula is C16H21NO2S. The lowest BCUT2D eigenvalue weighted by molar-refractivity contribution is -0.0375. The number of benzene rings is 1. The summed E-state index contributed by atoms with van der Waals surface area (Å²) >= 11 is 1.69. The van der Waals surface area contributed by atoms with Gasteiger partial charge >= 0.3 is 0 Å². The molecule has 1 fully saturated rings. The Bertz CT molecular complexity index is 529. The molecule has 0 aliphatic heterocycles. The van der Waals surface area contributed by atoms with Crippen LogP contribution in [0.2, 0.25) is 0 Å². The molecule has 1 aromatic carbocycles. The van der Waals surface area contributed by atoms with Gasteiger partial charge in [0.2, 0.25) is 0 Å². The Labute approximate surface area is 123 Å². The Hall–Kier alpha value is -0.970. The Kier molecular flexibility index (Phi) is 4.34. The second-order valence-corrected chi connectivity index (χ2v) is 6.70. The molecule has 1 aromatic heterocycles. The minimum Gasteiger partial charge on any atom is -0.393 e. The number of thiazole rings is 1. The lowest BCUT2D eigenvalue weighted by Crippen LogP contribution is -2.34. The molecule has 3 nitrogen and oxygen atoms in total. The number of fused-ring (bicyclic) bond motifs is 1. The predicted molar refractivity (Wildman–Crippen MR) is 82.1 cm³/mol. The van der Waals surface area contributed by atoms with Crippen LogP contribution in [0.15, 0.2) is 24.3 Å². The number of rotatable bonds is 6. The third-order valence-electron chi connectivity index (χ3n) is 3.95. The molecule has 1 aliphatic rings. The lowest BCUT2D eigenvalue weighted by Gasteiger charge is -2.35. The van der Waals surface area contributed by atoms with Gasteiger partial charge in [0.25, 0.3) is 0 Å².